The molecule has 0 aromatic heterocycles. The van der Waals surface area contributed by atoms with Crippen LogP contribution in [0.3, 0.4) is 0 Å². The fourth-order valence-corrected chi connectivity index (χ4v) is 2.29. The molecule has 0 aromatic carbocycles. The van der Waals surface area contributed by atoms with Crippen LogP contribution in [0.15, 0.2) is 0 Å². The van der Waals surface area contributed by atoms with Gasteiger partial charge in [-0.1, -0.05) is 0 Å². The SMILES string of the molecule is COC1(CC(=O)N(CCC(=O)O)C(C)C)CCC1. The van der Waals surface area contributed by atoms with Gasteiger partial charge in [-0.2, -0.15) is 0 Å². The molecular formula is C13H23NO4. The molecule has 5 nitrogen and oxygen atoms in total. The molecule has 1 aliphatic rings. The average molecular weight is 257 g/mol. The largest absolute Gasteiger partial charge is 0.481 e. The number of carbonyl (C=O) groups is 2. The van der Waals surface area contributed by atoms with Crippen LogP contribution in [0, 0.1) is 0 Å². The molecule has 0 aromatic rings. The summed E-state index contributed by atoms with van der Waals surface area (Å²) in [6.07, 6.45) is 3.28. The Labute approximate surface area is 108 Å². The van der Waals surface area contributed by atoms with Gasteiger partial charge in [0.2, 0.25) is 5.91 Å². The number of carboxylic acid groups (broad SMARTS) is 1. The first-order valence-electron chi connectivity index (χ1n) is 6.46. The zero-order chi connectivity index (χ0) is 13.8. The van der Waals surface area contributed by atoms with E-state index in [0.29, 0.717) is 6.42 Å². The summed E-state index contributed by atoms with van der Waals surface area (Å²) in [5.41, 5.74) is -0.298. The Morgan fingerprint density at radius 2 is 2.00 bits per heavy atom. The van der Waals surface area contributed by atoms with Crippen molar-refractivity contribution in [1.29, 1.82) is 0 Å². The fourth-order valence-electron chi connectivity index (χ4n) is 2.29. The van der Waals surface area contributed by atoms with Gasteiger partial charge in [-0.15, -0.1) is 0 Å². The van der Waals surface area contributed by atoms with Crippen LogP contribution >= 0.6 is 0 Å². The first-order chi connectivity index (χ1) is 8.40. The van der Waals surface area contributed by atoms with Crippen molar-refractivity contribution in [3.05, 3.63) is 0 Å². The van der Waals surface area contributed by atoms with Crippen LogP contribution in [0.5, 0.6) is 0 Å². The average Bonchev–Trinajstić information content (AvgIpc) is 2.22. The van der Waals surface area contributed by atoms with Gasteiger partial charge in [0.1, 0.15) is 0 Å². The van der Waals surface area contributed by atoms with Crippen LogP contribution in [0.2, 0.25) is 0 Å². The quantitative estimate of drug-likeness (QED) is 0.753. The number of rotatable bonds is 7. The van der Waals surface area contributed by atoms with Gasteiger partial charge in [-0.05, 0) is 33.1 Å². The summed E-state index contributed by atoms with van der Waals surface area (Å²) < 4.78 is 5.44. The van der Waals surface area contributed by atoms with Crippen molar-refractivity contribution >= 4 is 11.9 Å². The number of aliphatic carboxylic acids is 1. The third-order valence-electron chi connectivity index (χ3n) is 3.68. The van der Waals surface area contributed by atoms with E-state index in [-0.39, 0.29) is 30.5 Å². The molecule has 0 atom stereocenters. The van der Waals surface area contributed by atoms with Crippen LogP contribution in [-0.2, 0) is 14.3 Å². The first kappa shape index (κ1) is 15.0. The Kier molecular flexibility index (Phi) is 5.14. The second kappa shape index (κ2) is 6.18. The highest BCUT2D eigenvalue weighted by Crippen LogP contribution is 2.38. The number of carbonyl (C=O) groups excluding carboxylic acids is 1. The van der Waals surface area contributed by atoms with E-state index in [1.54, 1.807) is 12.0 Å². The molecule has 5 heteroatoms. The molecule has 0 spiro atoms. The molecular weight excluding hydrogens is 234 g/mol. The highest BCUT2D eigenvalue weighted by atomic mass is 16.5. The lowest BCUT2D eigenvalue weighted by atomic mass is 9.77. The molecule has 1 rings (SSSR count). The van der Waals surface area contributed by atoms with E-state index < -0.39 is 5.97 Å². The van der Waals surface area contributed by atoms with Gasteiger partial charge in [0.25, 0.3) is 0 Å². The minimum Gasteiger partial charge on any atom is -0.481 e. The van der Waals surface area contributed by atoms with E-state index in [2.05, 4.69) is 0 Å². The summed E-state index contributed by atoms with van der Waals surface area (Å²) in [7, 11) is 1.64. The van der Waals surface area contributed by atoms with Gasteiger partial charge in [0, 0.05) is 19.7 Å². The maximum absolute atomic E-state index is 12.2. The molecule has 1 amide bonds. The van der Waals surface area contributed by atoms with Crippen molar-refractivity contribution in [2.24, 2.45) is 0 Å². The number of carboxylic acids is 1. The predicted octanol–water partition coefficient (Wildman–Crippen LogP) is 1.66. The summed E-state index contributed by atoms with van der Waals surface area (Å²) in [5, 5.41) is 8.70. The Bertz CT molecular complexity index is 305. The number of methoxy groups -OCH3 is 1. The summed E-state index contributed by atoms with van der Waals surface area (Å²) >= 11 is 0. The molecule has 104 valence electrons. The van der Waals surface area contributed by atoms with Crippen molar-refractivity contribution in [3.8, 4) is 0 Å². The third-order valence-corrected chi connectivity index (χ3v) is 3.68. The molecule has 18 heavy (non-hydrogen) atoms. The van der Waals surface area contributed by atoms with Crippen LogP contribution in [0.1, 0.15) is 46.0 Å². The molecule has 1 aliphatic carbocycles. The Hall–Kier alpha value is -1.10. The molecule has 0 aliphatic heterocycles. The zero-order valence-corrected chi connectivity index (χ0v) is 11.4. The number of nitrogens with zero attached hydrogens (tertiary/aromatic N) is 1. The first-order valence-corrected chi connectivity index (χ1v) is 6.46. The fraction of sp³-hybridized carbons (Fsp3) is 0.846. The van der Waals surface area contributed by atoms with E-state index in [0.717, 1.165) is 19.3 Å². The number of ether oxygens (including phenoxy) is 1. The highest BCUT2D eigenvalue weighted by Gasteiger charge is 2.40. The zero-order valence-electron chi connectivity index (χ0n) is 11.4. The normalized spacial score (nSPS) is 17.3. The molecule has 1 fully saturated rings. The molecule has 0 saturated heterocycles. The lowest BCUT2D eigenvalue weighted by molar-refractivity contribution is -0.146. The maximum atomic E-state index is 12.2. The second-order valence-electron chi connectivity index (χ2n) is 5.24. The van der Waals surface area contributed by atoms with Crippen LogP contribution in [0.4, 0.5) is 0 Å². The van der Waals surface area contributed by atoms with Gasteiger partial charge in [-0.3, -0.25) is 9.59 Å². The van der Waals surface area contributed by atoms with Gasteiger partial charge in [-0.25, -0.2) is 0 Å². The third kappa shape index (κ3) is 3.70. The monoisotopic (exact) mass is 257 g/mol. The van der Waals surface area contributed by atoms with Crippen molar-refractivity contribution in [1.82, 2.24) is 4.90 Å². The summed E-state index contributed by atoms with van der Waals surface area (Å²) in [6, 6.07) is 0.0193. The Morgan fingerprint density at radius 1 is 1.39 bits per heavy atom. The topological polar surface area (TPSA) is 66.8 Å². The van der Waals surface area contributed by atoms with E-state index >= 15 is 0 Å². The molecule has 1 N–H and O–H groups in total. The molecule has 0 radical (unpaired) electrons. The van der Waals surface area contributed by atoms with Crippen LogP contribution < -0.4 is 0 Å². The minimum absolute atomic E-state index is 0.00667. The number of hydrogen-bond donors (Lipinski definition) is 1. The number of hydrogen-bond acceptors (Lipinski definition) is 3. The van der Waals surface area contributed by atoms with Crippen LogP contribution in [0.25, 0.3) is 0 Å². The van der Waals surface area contributed by atoms with E-state index in [1.807, 2.05) is 13.8 Å². The van der Waals surface area contributed by atoms with E-state index in [9.17, 15) is 9.59 Å². The van der Waals surface area contributed by atoms with Crippen molar-refractivity contribution in [3.63, 3.8) is 0 Å². The summed E-state index contributed by atoms with van der Waals surface area (Å²) in [6.45, 7) is 4.08. The van der Waals surface area contributed by atoms with Crippen molar-refractivity contribution in [2.45, 2.75) is 57.6 Å². The van der Waals surface area contributed by atoms with E-state index in [1.165, 1.54) is 0 Å². The van der Waals surface area contributed by atoms with Gasteiger partial charge >= 0.3 is 5.97 Å². The van der Waals surface area contributed by atoms with Gasteiger partial charge < -0.3 is 14.7 Å². The van der Waals surface area contributed by atoms with Crippen molar-refractivity contribution < 1.29 is 19.4 Å². The van der Waals surface area contributed by atoms with Crippen LogP contribution in [-0.4, -0.2) is 47.2 Å². The standard InChI is InChI=1S/C13H23NO4/c1-10(2)14(8-5-12(16)17)11(15)9-13(18-3)6-4-7-13/h10H,4-9H2,1-3H3,(H,16,17). The smallest absolute Gasteiger partial charge is 0.305 e. The molecule has 1 saturated carbocycles. The lowest BCUT2D eigenvalue weighted by Crippen LogP contribution is -2.47. The molecule has 0 unspecified atom stereocenters. The predicted molar refractivity (Wildman–Crippen MR) is 67.3 cm³/mol. The van der Waals surface area contributed by atoms with E-state index in [4.69, 9.17) is 9.84 Å². The van der Waals surface area contributed by atoms with Gasteiger partial charge in [0.05, 0.1) is 18.4 Å². The summed E-state index contributed by atoms with van der Waals surface area (Å²) in [5.74, 6) is -0.883. The lowest BCUT2D eigenvalue weighted by Gasteiger charge is -2.41. The molecule has 0 heterocycles. The summed E-state index contributed by atoms with van der Waals surface area (Å²) in [4.78, 5) is 24.4. The minimum atomic E-state index is -0.876. The maximum Gasteiger partial charge on any atom is 0.305 e. The highest BCUT2D eigenvalue weighted by molar-refractivity contribution is 5.78. The Morgan fingerprint density at radius 3 is 2.33 bits per heavy atom. The second-order valence-corrected chi connectivity index (χ2v) is 5.24. The van der Waals surface area contributed by atoms with Gasteiger partial charge in [0.15, 0.2) is 0 Å². The Balaban J connectivity index is 2.56. The molecule has 0 bridgehead atoms. The van der Waals surface area contributed by atoms with Crippen molar-refractivity contribution in [2.75, 3.05) is 13.7 Å². The number of amides is 1.